The lowest BCUT2D eigenvalue weighted by atomic mass is 9.93. The minimum atomic E-state index is -3.27. The number of aromatic nitrogens is 3. The van der Waals surface area contributed by atoms with E-state index in [1.165, 1.54) is 12.3 Å². The molecule has 5 heteroatoms. The summed E-state index contributed by atoms with van der Waals surface area (Å²) >= 11 is 0. The fourth-order valence-electron chi connectivity index (χ4n) is 1.81. The molecule has 1 fully saturated rings. The molecule has 0 saturated carbocycles. The van der Waals surface area contributed by atoms with Crippen molar-refractivity contribution in [3.05, 3.63) is 18.6 Å². The van der Waals surface area contributed by atoms with Crippen molar-refractivity contribution in [3.63, 3.8) is 0 Å². The summed E-state index contributed by atoms with van der Waals surface area (Å²) in [4.78, 5) is 10.5. The Morgan fingerprint density at radius 1 is 1.67 bits per heavy atom. The third kappa shape index (κ3) is 1.84. The van der Waals surface area contributed by atoms with Crippen LogP contribution >= 0.6 is 0 Å². The van der Waals surface area contributed by atoms with Crippen molar-refractivity contribution in [2.45, 2.75) is 19.3 Å². The van der Waals surface area contributed by atoms with Crippen molar-refractivity contribution in [2.24, 2.45) is 5.89 Å². The molecule has 5 nitrogen and oxygen atoms in total. The van der Waals surface area contributed by atoms with Gasteiger partial charge < -0.3 is 15.2 Å². The number of nitrogens with zero attached hydrogens (tertiary/aromatic N) is 3. The molecule has 1 saturated heterocycles. The lowest BCUT2D eigenvalue weighted by Gasteiger charge is -2.37. The van der Waals surface area contributed by atoms with E-state index in [4.69, 9.17) is 15.1 Å². The van der Waals surface area contributed by atoms with E-state index in [0.29, 0.717) is 0 Å². The first-order valence-corrected chi connectivity index (χ1v) is 5.43. The van der Waals surface area contributed by atoms with E-state index in [9.17, 15) is 0 Å². The molecule has 0 spiro atoms. The molecule has 2 aromatic heterocycles. The van der Waals surface area contributed by atoms with Crippen molar-refractivity contribution >= 4 is 16.9 Å². The van der Waals surface area contributed by atoms with Gasteiger partial charge in [-0.2, -0.15) is 0 Å². The Morgan fingerprint density at radius 2 is 2.67 bits per heavy atom. The number of nitrogens with one attached hydrogen (secondary N) is 2. The maximum Gasteiger partial charge on any atom is 0.142 e. The summed E-state index contributed by atoms with van der Waals surface area (Å²) in [7, 11) is 0. The largest absolute Gasteiger partial charge is 0.354 e. The number of fused-ring (bicyclic) bond motifs is 1. The standard InChI is InChI=1S/C13H19N5/c1-9-3-5-14-7-11(9)18(2)13-10-4-6-15-12(10)16-8-17-13/h4,6,8-9,11,14H,3,5,7H2,1-2H3,(H,15,16,17)/t9-,11+/m1/s1/i1D3,2D3,7D2,8D,9D,11D. The van der Waals surface area contributed by atoms with Gasteiger partial charge in [0.1, 0.15) is 19.1 Å². The average Bonchev–Trinajstić information content (AvgIpc) is 2.98. The first-order chi connectivity index (χ1) is 13.1. The van der Waals surface area contributed by atoms with Gasteiger partial charge in [0.05, 0.1) is 6.76 Å². The van der Waals surface area contributed by atoms with E-state index in [1.54, 1.807) is 0 Å². The Morgan fingerprint density at radius 3 is 3.56 bits per heavy atom. The lowest BCUT2D eigenvalue weighted by molar-refractivity contribution is 0.338. The Bertz CT molecular complexity index is 922. The van der Waals surface area contributed by atoms with E-state index >= 15 is 0 Å². The molecule has 0 amide bonds. The molecule has 0 bridgehead atoms. The molecule has 2 atom stereocenters. The topological polar surface area (TPSA) is 56.8 Å². The van der Waals surface area contributed by atoms with E-state index in [0.717, 1.165) is 0 Å². The van der Waals surface area contributed by atoms with Crippen molar-refractivity contribution in [1.29, 1.82) is 0 Å². The fourth-order valence-corrected chi connectivity index (χ4v) is 1.81. The van der Waals surface area contributed by atoms with Crippen LogP contribution in [0.3, 0.4) is 0 Å². The van der Waals surface area contributed by atoms with Gasteiger partial charge in [0.15, 0.2) is 0 Å². The summed E-state index contributed by atoms with van der Waals surface area (Å²) in [5.41, 5.74) is 0.0617. The van der Waals surface area contributed by atoms with Gasteiger partial charge in [-0.25, -0.2) is 9.97 Å². The first kappa shape index (κ1) is 4.49. The molecule has 2 aromatic rings. The smallest absolute Gasteiger partial charge is 0.142 e. The van der Waals surface area contributed by atoms with Crippen LogP contribution in [-0.2, 0) is 0 Å². The van der Waals surface area contributed by atoms with Crippen LogP contribution in [0.5, 0.6) is 0 Å². The predicted octanol–water partition coefficient (Wildman–Crippen LogP) is 1.39. The van der Waals surface area contributed by atoms with Gasteiger partial charge in [-0.1, -0.05) is 6.85 Å². The zero-order valence-electron chi connectivity index (χ0n) is 20.4. The predicted molar refractivity (Wildman–Crippen MR) is 72.7 cm³/mol. The average molecular weight is 256 g/mol. The van der Waals surface area contributed by atoms with Gasteiger partial charge in [0, 0.05) is 38.0 Å². The van der Waals surface area contributed by atoms with Crippen LogP contribution in [0.2, 0.25) is 0 Å². The maximum atomic E-state index is 8.93. The lowest BCUT2D eigenvalue weighted by Crippen LogP contribution is -2.49. The number of rotatable bonds is 2. The minimum Gasteiger partial charge on any atom is -0.354 e. The van der Waals surface area contributed by atoms with Crippen molar-refractivity contribution in [3.8, 4) is 0 Å². The number of hydrogen-bond donors (Lipinski definition) is 2. The minimum absolute atomic E-state index is 0.0537. The Labute approximate surface area is 122 Å². The third-order valence-corrected chi connectivity index (χ3v) is 2.71. The summed E-state index contributed by atoms with van der Waals surface area (Å²) in [6.45, 7) is -9.62. The number of anilines is 1. The highest BCUT2D eigenvalue weighted by Gasteiger charge is 2.26. The van der Waals surface area contributed by atoms with Gasteiger partial charge in [-0.05, 0) is 24.9 Å². The molecule has 96 valence electrons. The zero-order chi connectivity index (χ0) is 22.0. The van der Waals surface area contributed by atoms with E-state index < -0.39 is 50.8 Å². The zero-order valence-corrected chi connectivity index (χ0v) is 9.41. The van der Waals surface area contributed by atoms with Gasteiger partial charge in [-0.15, -0.1) is 0 Å². The second-order valence-electron chi connectivity index (χ2n) is 3.85. The van der Waals surface area contributed by atoms with Crippen LogP contribution in [0, 0.1) is 5.89 Å². The summed E-state index contributed by atoms with van der Waals surface area (Å²) in [6, 6.07) is -1.79. The summed E-state index contributed by atoms with van der Waals surface area (Å²) in [5, 5.41) is 2.39. The van der Waals surface area contributed by atoms with Gasteiger partial charge in [0.2, 0.25) is 0 Å². The quantitative estimate of drug-likeness (QED) is 0.852. The molecule has 0 radical (unpaired) electrons. The van der Waals surface area contributed by atoms with Gasteiger partial charge >= 0.3 is 0 Å². The van der Waals surface area contributed by atoms with E-state index in [2.05, 4.69) is 20.3 Å². The van der Waals surface area contributed by atoms with Crippen LogP contribution in [0.25, 0.3) is 11.0 Å². The molecule has 2 N–H and O–H groups in total. The molecular formula is C13H19N5. The van der Waals surface area contributed by atoms with Crippen molar-refractivity contribution in [2.75, 3.05) is 24.9 Å². The van der Waals surface area contributed by atoms with Gasteiger partial charge in [0.25, 0.3) is 0 Å². The molecule has 3 rings (SSSR count). The van der Waals surface area contributed by atoms with Crippen LogP contribution in [0.4, 0.5) is 5.82 Å². The summed E-state index contributed by atoms with van der Waals surface area (Å²) < 4.78 is 89.4. The molecule has 0 aromatic carbocycles. The van der Waals surface area contributed by atoms with Crippen molar-refractivity contribution in [1.82, 2.24) is 20.3 Å². The van der Waals surface area contributed by atoms with Crippen LogP contribution in [0.1, 0.15) is 28.4 Å². The van der Waals surface area contributed by atoms with Crippen LogP contribution < -0.4 is 10.2 Å². The molecule has 0 unspecified atom stereocenters. The molecule has 1 aliphatic heterocycles. The van der Waals surface area contributed by atoms with Crippen LogP contribution in [0.15, 0.2) is 18.6 Å². The summed E-state index contributed by atoms with van der Waals surface area (Å²) in [6.07, 6.45) is 0.276. The SMILES string of the molecule is [2H]c1nc(N(C([2H])([2H])[2H])[C@@]2([2H])C([2H])([2H])NCC[C@@]2([2H])C([2H])([2H])[2H])c2cc[nH]c2n1. The van der Waals surface area contributed by atoms with Crippen molar-refractivity contribution < 1.29 is 15.1 Å². The highest BCUT2D eigenvalue weighted by molar-refractivity contribution is 5.87. The second kappa shape index (κ2) is 4.57. The van der Waals surface area contributed by atoms with Crippen LogP contribution in [-0.4, -0.2) is 41.0 Å². The molecule has 3 heterocycles. The maximum absolute atomic E-state index is 8.93. The molecular weight excluding hydrogens is 226 g/mol. The fraction of sp³-hybridized carbons (Fsp3) is 0.538. The van der Waals surface area contributed by atoms with E-state index in [1.807, 2.05) is 0 Å². The Kier molecular flexibility index (Phi) is 1.14. The molecule has 18 heavy (non-hydrogen) atoms. The number of hydrogen-bond acceptors (Lipinski definition) is 4. The first-order valence-electron chi connectivity index (χ1n) is 10.9. The summed E-state index contributed by atoms with van der Waals surface area (Å²) in [5.74, 6) is -3.36. The third-order valence-electron chi connectivity index (χ3n) is 2.71. The Hall–Kier alpha value is -1.62. The van der Waals surface area contributed by atoms with Gasteiger partial charge in [-0.3, -0.25) is 0 Å². The monoisotopic (exact) mass is 256 g/mol. The molecule has 0 aliphatic carbocycles. The highest BCUT2D eigenvalue weighted by Crippen LogP contribution is 2.26. The normalized spacial score (nSPS) is 45.7. The Balaban J connectivity index is 2.42. The molecule has 1 aliphatic rings. The number of H-pyrrole nitrogens is 1. The highest BCUT2D eigenvalue weighted by atomic mass is 15.2. The second-order valence-corrected chi connectivity index (χ2v) is 3.85. The van der Waals surface area contributed by atoms with E-state index in [-0.39, 0.29) is 22.5 Å². The number of likely N-dealkylation sites (N-methyl/N-ethyl adjacent to an activating group) is 1. The number of aromatic amines is 1. The number of piperidine rings is 1.